The molecule has 1 heterocycles. The van der Waals surface area contributed by atoms with Crippen molar-refractivity contribution in [3.05, 3.63) is 18.0 Å². The van der Waals surface area contributed by atoms with Crippen LogP contribution in [0.25, 0.3) is 0 Å². The Labute approximate surface area is 112 Å². The van der Waals surface area contributed by atoms with Crippen LogP contribution in [0.5, 0.6) is 0 Å². The summed E-state index contributed by atoms with van der Waals surface area (Å²) in [6.07, 6.45) is 3.23. The van der Waals surface area contributed by atoms with Crippen molar-refractivity contribution >= 4 is 15.9 Å². The number of H-pyrrole nitrogens is 1. The minimum Gasteiger partial charge on any atom is -0.380 e. The van der Waals surface area contributed by atoms with E-state index in [1.54, 1.807) is 0 Å². The number of aromatic amines is 1. The third-order valence-electron chi connectivity index (χ3n) is 2.40. The van der Waals surface area contributed by atoms with E-state index in [-0.39, 0.29) is 10.6 Å². The van der Waals surface area contributed by atoms with Gasteiger partial charge in [0, 0.05) is 19.3 Å². The van der Waals surface area contributed by atoms with Crippen LogP contribution in [0.3, 0.4) is 0 Å². The lowest BCUT2D eigenvalue weighted by Gasteiger charge is -2.04. The van der Waals surface area contributed by atoms with Crippen LogP contribution in [0.15, 0.2) is 17.2 Å². The van der Waals surface area contributed by atoms with Crippen LogP contribution < -0.4 is 10.5 Å². The van der Waals surface area contributed by atoms with Crippen LogP contribution >= 0.6 is 0 Å². The molecule has 8 heteroatoms. The zero-order valence-corrected chi connectivity index (χ0v) is 11.6. The topological polar surface area (TPSA) is 114 Å². The molecule has 19 heavy (non-hydrogen) atoms. The average Bonchev–Trinajstić information content (AvgIpc) is 2.82. The molecular formula is C11H19N3O4S. The zero-order valence-electron chi connectivity index (χ0n) is 10.8. The maximum Gasteiger partial charge on any atom is 0.267 e. The summed E-state index contributed by atoms with van der Waals surface area (Å²) in [5.41, 5.74) is 0.151. The van der Waals surface area contributed by atoms with Gasteiger partial charge in [0.2, 0.25) is 10.0 Å². The van der Waals surface area contributed by atoms with Crippen LogP contribution in [0.1, 0.15) is 30.3 Å². The summed E-state index contributed by atoms with van der Waals surface area (Å²) in [5, 5.41) is 7.55. The average molecular weight is 289 g/mol. The Kier molecular flexibility index (Phi) is 6.00. The maximum atomic E-state index is 11.6. The molecule has 0 atom stereocenters. The molecule has 1 amide bonds. The SMILES string of the molecule is CCCCOCCNC(=O)c1cc(S(N)(=O)=O)c[nH]1. The molecule has 108 valence electrons. The molecule has 0 radical (unpaired) electrons. The normalized spacial score (nSPS) is 11.5. The highest BCUT2D eigenvalue weighted by Crippen LogP contribution is 2.08. The number of unbranched alkanes of at least 4 members (excludes halogenated alkanes) is 1. The molecule has 0 aliphatic heterocycles. The van der Waals surface area contributed by atoms with E-state index in [9.17, 15) is 13.2 Å². The molecule has 0 saturated heterocycles. The fourth-order valence-electron chi connectivity index (χ4n) is 1.35. The van der Waals surface area contributed by atoms with Gasteiger partial charge in [-0.05, 0) is 12.5 Å². The van der Waals surface area contributed by atoms with Gasteiger partial charge in [-0.1, -0.05) is 13.3 Å². The molecule has 0 unspecified atom stereocenters. The van der Waals surface area contributed by atoms with Crippen LogP contribution in [-0.4, -0.2) is 39.1 Å². The van der Waals surface area contributed by atoms with Crippen LogP contribution in [0, 0.1) is 0 Å². The summed E-state index contributed by atoms with van der Waals surface area (Å²) in [5.74, 6) is -0.394. The van der Waals surface area contributed by atoms with Crippen molar-refractivity contribution < 1.29 is 17.9 Å². The van der Waals surface area contributed by atoms with Crippen molar-refractivity contribution in [1.82, 2.24) is 10.3 Å². The molecule has 0 aliphatic rings. The number of rotatable bonds is 8. The number of sulfonamides is 1. The first-order chi connectivity index (χ1) is 8.95. The second-order valence-corrected chi connectivity index (χ2v) is 5.58. The first-order valence-corrected chi connectivity index (χ1v) is 7.57. The smallest absolute Gasteiger partial charge is 0.267 e. The van der Waals surface area contributed by atoms with Gasteiger partial charge in [0.15, 0.2) is 0 Å². The second kappa shape index (κ2) is 7.27. The summed E-state index contributed by atoms with van der Waals surface area (Å²) < 4.78 is 27.4. The van der Waals surface area contributed by atoms with Crippen molar-refractivity contribution in [1.29, 1.82) is 0 Å². The maximum absolute atomic E-state index is 11.6. The van der Waals surface area contributed by atoms with Gasteiger partial charge < -0.3 is 15.0 Å². The van der Waals surface area contributed by atoms with E-state index < -0.39 is 15.9 Å². The van der Waals surface area contributed by atoms with Gasteiger partial charge in [-0.3, -0.25) is 4.79 Å². The molecule has 0 bridgehead atoms. The minimum atomic E-state index is -3.79. The zero-order chi connectivity index (χ0) is 14.3. The predicted molar refractivity (Wildman–Crippen MR) is 70.2 cm³/mol. The first-order valence-electron chi connectivity index (χ1n) is 6.02. The van der Waals surface area contributed by atoms with Gasteiger partial charge in [0.05, 0.1) is 11.5 Å². The highest BCUT2D eigenvalue weighted by atomic mass is 32.2. The summed E-state index contributed by atoms with van der Waals surface area (Å²) in [7, 11) is -3.79. The summed E-state index contributed by atoms with van der Waals surface area (Å²) in [6, 6.07) is 1.20. The third-order valence-corrected chi connectivity index (χ3v) is 3.30. The molecule has 0 saturated carbocycles. The molecule has 4 N–H and O–H groups in total. The van der Waals surface area contributed by atoms with E-state index >= 15 is 0 Å². The number of amides is 1. The third kappa shape index (κ3) is 5.41. The van der Waals surface area contributed by atoms with E-state index in [1.807, 2.05) is 0 Å². The molecule has 1 aromatic heterocycles. The fourth-order valence-corrected chi connectivity index (χ4v) is 1.86. The molecule has 1 rings (SSSR count). The van der Waals surface area contributed by atoms with E-state index in [2.05, 4.69) is 17.2 Å². The Morgan fingerprint density at radius 1 is 1.47 bits per heavy atom. The Bertz CT molecular complexity index is 510. The Hall–Kier alpha value is -1.38. The fraction of sp³-hybridized carbons (Fsp3) is 0.545. The molecule has 0 aliphatic carbocycles. The quantitative estimate of drug-likeness (QED) is 0.593. The number of nitrogens with two attached hydrogens (primary N) is 1. The van der Waals surface area contributed by atoms with Crippen LogP contribution in [0.2, 0.25) is 0 Å². The highest BCUT2D eigenvalue weighted by Gasteiger charge is 2.14. The largest absolute Gasteiger partial charge is 0.380 e. The van der Waals surface area contributed by atoms with Gasteiger partial charge in [-0.2, -0.15) is 0 Å². The van der Waals surface area contributed by atoms with Crippen molar-refractivity contribution in [2.24, 2.45) is 5.14 Å². The number of ether oxygens (including phenoxy) is 1. The summed E-state index contributed by atoms with van der Waals surface area (Å²) >= 11 is 0. The van der Waals surface area contributed by atoms with E-state index in [0.29, 0.717) is 19.8 Å². The Morgan fingerprint density at radius 2 is 2.21 bits per heavy atom. The lowest BCUT2D eigenvalue weighted by molar-refractivity contribution is 0.0908. The Morgan fingerprint density at radius 3 is 2.79 bits per heavy atom. The number of carbonyl (C=O) groups is 1. The van der Waals surface area contributed by atoms with Gasteiger partial charge in [-0.25, -0.2) is 13.6 Å². The second-order valence-electron chi connectivity index (χ2n) is 4.02. The predicted octanol–water partition coefficient (Wildman–Crippen LogP) is 0.209. The number of nitrogens with one attached hydrogen (secondary N) is 2. The standard InChI is InChI=1S/C11H19N3O4S/c1-2-3-5-18-6-4-13-11(15)10-7-9(8-14-10)19(12,16)17/h7-8,14H,2-6H2,1H3,(H,13,15)(H2,12,16,17). The number of primary sulfonamides is 1. The lowest BCUT2D eigenvalue weighted by atomic mass is 10.4. The minimum absolute atomic E-state index is 0.114. The van der Waals surface area contributed by atoms with E-state index in [4.69, 9.17) is 9.88 Å². The van der Waals surface area contributed by atoms with Crippen LogP contribution in [-0.2, 0) is 14.8 Å². The number of hydrogen-bond donors (Lipinski definition) is 3. The van der Waals surface area contributed by atoms with Gasteiger partial charge in [0.25, 0.3) is 5.91 Å². The van der Waals surface area contributed by atoms with Gasteiger partial charge >= 0.3 is 0 Å². The van der Waals surface area contributed by atoms with Crippen molar-refractivity contribution in [3.8, 4) is 0 Å². The molecular weight excluding hydrogens is 270 g/mol. The highest BCUT2D eigenvalue weighted by molar-refractivity contribution is 7.89. The van der Waals surface area contributed by atoms with Crippen molar-refractivity contribution in [2.45, 2.75) is 24.7 Å². The number of aromatic nitrogens is 1. The van der Waals surface area contributed by atoms with Crippen LogP contribution in [0.4, 0.5) is 0 Å². The monoisotopic (exact) mass is 289 g/mol. The number of carbonyl (C=O) groups excluding carboxylic acids is 1. The molecule has 1 aromatic rings. The molecule has 0 aromatic carbocycles. The lowest BCUT2D eigenvalue weighted by Crippen LogP contribution is -2.27. The first kappa shape index (κ1) is 15.7. The van der Waals surface area contributed by atoms with E-state index in [0.717, 1.165) is 12.8 Å². The van der Waals surface area contributed by atoms with E-state index in [1.165, 1.54) is 12.3 Å². The van der Waals surface area contributed by atoms with Gasteiger partial charge in [0.1, 0.15) is 5.69 Å². The molecule has 0 fully saturated rings. The number of hydrogen-bond acceptors (Lipinski definition) is 4. The van der Waals surface area contributed by atoms with Gasteiger partial charge in [-0.15, -0.1) is 0 Å². The molecule has 0 spiro atoms. The Balaban J connectivity index is 2.36. The van der Waals surface area contributed by atoms with Crippen molar-refractivity contribution in [2.75, 3.05) is 19.8 Å². The summed E-state index contributed by atoms with van der Waals surface area (Å²) in [4.78, 5) is 14.1. The van der Waals surface area contributed by atoms with Crippen molar-refractivity contribution in [3.63, 3.8) is 0 Å². The molecule has 7 nitrogen and oxygen atoms in total. The summed E-state index contributed by atoms with van der Waals surface area (Å²) in [6.45, 7) is 3.53.